The van der Waals surface area contributed by atoms with Crippen molar-refractivity contribution in [1.82, 2.24) is 25.0 Å². The standard InChI is InChI=1S/C36H41N7O8S/c1-48-27-7-9-32(31(20-27)49-2)52(46,47)43-30-8-6-24(21-37)19-29(30)36(34(43)44,28-5-4-12-38-33(28)50-3)39-35(45)42-17-15-41(16-18-42)25-10-13-40(14-11-25)26-22-51-23-26/h4-9,12,19-20,25-26H,10-11,13-18,22-23H2,1-3H3,(H,39,45). The number of amides is 3. The molecule has 4 aliphatic rings. The van der Waals surface area contributed by atoms with Crippen molar-refractivity contribution in [2.45, 2.75) is 35.4 Å². The normalized spacial score (nSPS) is 21.6. The number of anilines is 1. The van der Waals surface area contributed by atoms with Crippen LogP contribution >= 0.6 is 0 Å². The molecule has 0 bridgehead atoms. The molecule has 15 nitrogen and oxygen atoms in total. The summed E-state index contributed by atoms with van der Waals surface area (Å²) in [5.41, 5.74) is -1.86. The van der Waals surface area contributed by atoms with Gasteiger partial charge in [-0.2, -0.15) is 9.57 Å². The molecule has 0 saturated carbocycles. The third-order valence-corrected chi connectivity index (χ3v) is 12.3. The van der Waals surface area contributed by atoms with Crippen LogP contribution in [0.3, 0.4) is 0 Å². The first-order valence-corrected chi connectivity index (χ1v) is 18.6. The number of hydrogen-bond acceptors (Lipinski definition) is 12. The number of piperazine rings is 1. The molecule has 0 spiro atoms. The number of carbonyl (C=O) groups excluding carboxylic acids is 2. The predicted molar refractivity (Wildman–Crippen MR) is 188 cm³/mol. The Morgan fingerprint density at radius 2 is 1.65 bits per heavy atom. The van der Waals surface area contributed by atoms with Crippen LogP contribution in [0.15, 0.2) is 59.6 Å². The van der Waals surface area contributed by atoms with Crippen LogP contribution in [0.4, 0.5) is 10.5 Å². The van der Waals surface area contributed by atoms with Crippen molar-refractivity contribution >= 4 is 27.6 Å². The average molecular weight is 732 g/mol. The summed E-state index contributed by atoms with van der Waals surface area (Å²) < 4.78 is 51.5. The Morgan fingerprint density at radius 1 is 0.923 bits per heavy atom. The molecule has 1 aromatic heterocycles. The third-order valence-electron chi connectivity index (χ3n) is 10.6. The Morgan fingerprint density at radius 3 is 2.29 bits per heavy atom. The van der Waals surface area contributed by atoms with Gasteiger partial charge in [-0.25, -0.2) is 18.2 Å². The van der Waals surface area contributed by atoms with Gasteiger partial charge in [-0.15, -0.1) is 0 Å². The van der Waals surface area contributed by atoms with Crippen LogP contribution in [0.1, 0.15) is 29.5 Å². The minimum Gasteiger partial charge on any atom is -0.497 e. The third kappa shape index (κ3) is 5.97. The lowest BCUT2D eigenvalue weighted by Gasteiger charge is -2.46. The summed E-state index contributed by atoms with van der Waals surface area (Å²) >= 11 is 0. The van der Waals surface area contributed by atoms with Crippen LogP contribution in [0.25, 0.3) is 0 Å². The molecule has 3 amide bonds. The van der Waals surface area contributed by atoms with Crippen LogP contribution < -0.4 is 23.8 Å². The predicted octanol–water partition coefficient (Wildman–Crippen LogP) is 2.15. The number of methoxy groups -OCH3 is 3. The molecule has 0 aliphatic carbocycles. The number of aromatic nitrogens is 1. The molecule has 1 atom stereocenters. The van der Waals surface area contributed by atoms with Gasteiger partial charge in [0.15, 0.2) is 5.54 Å². The number of nitrogens with one attached hydrogen (secondary N) is 1. The van der Waals surface area contributed by atoms with Crippen molar-refractivity contribution in [2.75, 3.05) is 78.1 Å². The van der Waals surface area contributed by atoms with Crippen LogP contribution in [0.2, 0.25) is 0 Å². The molecule has 1 N–H and O–H groups in total. The molecule has 2 aromatic carbocycles. The molecule has 16 heteroatoms. The smallest absolute Gasteiger partial charge is 0.318 e. The second-order valence-electron chi connectivity index (χ2n) is 13.2. The second kappa shape index (κ2) is 14.2. The number of ether oxygens (including phenoxy) is 4. The van der Waals surface area contributed by atoms with Gasteiger partial charge in [0.05, 0.1) is 63.5 Å². The average Bonchev–Trinajstić information content (AvgIpc) is 3.41. The van der Waals surface area contributed by atoms with Crippen molar-refractivity contribution in [3.8, 4) is 23.4 Å². The van der Waals surface area contributed by atoms with E-state index in [1.165, 1.54) is 63.9 Å². The van der Waals surface area contributed by atoms with Crippen molar-refractivity contribution in [3.63, 3.8) is 0 Å². The first-order valence-electron chi connectivity index (χ1n) is 17.1. The lowest BCUT2D eigenvalue weighted by Crippen LogP contribution is -2.61. The number of likely N-dealkylation sites (tertiary alicyclic amines) is 1. The summed E-state index contributed by atoms with van der Waals surface area (Å²) in [5, 5.41) is 12.9. The number of sulfonamides is 1. The van der Waals surface area contributed by atoms with Crippen molar-refractivity contribution in [2.24, 2.45) is 0 Å². The Kier molecular flexibility index (Phi) is 9.70. The molecule has 3 aromatic rings. The number of urea groups is 1. The summed E-state index contributed by atoms with van der Waals surface area (Å²) in [7, 11) is -0.584. The fraction of sp³-hybridized carbons (Fsp3) is 0.444. The molecular formula is C36H41N7O8S. The van der Waals surface area contributed by atoms with E-state index in [-0.39, 0.29) is 38.9 Å². The largest absolute Gasteiger partial charge is 0.497 e. The maximum Gasteiger partial charge on any atom is 0.318 e. The second-order valence-corrected chi connectivity index (χ2v) is 14.9. The first kappa shape index (κ1) is 35.5. The zero-order valence-corrected chi connectivity index (χ0v) is 30.1. The number of pyridine rings is 1. The van der Waals surface area contributed by atoms with E-state index in [1.54, 1.807) is 17.0 Å². The van der Waals surface area contributed by atoms with Crippen LogP contribution in [-0.2, 0) is 25.1 Å². The highest BCUT2D eigenvalue weighted by molar-refractivity contribution is 7.93. The monoisotopic (exact) mass is 731 g/mol. The fourth-order valence-electron chi connectivity index (χ4n) is 7.65. The number of benzene rings is 2. The van der Waals surface area contributed by atoms with E-state index >= 15 is 4.79 Å². The van der Waals surface area contributed by atoms with E-state index in [0.29, 0.717) is 48.3 Å². The number of hydrogen-bond donors (Lipinski definition) is 1. The topological polar surface area (TPSA) is 167 Å². The van der Waals surface area contributed by atoms with Crippen molar-refractivity contribution < 1.29 is 37.0 Å². The minimum absolute atomic E-state index is 0.00429. The maximum atomic E-state index is 15.1. The lowest BCUT2D eigenvalue weighted by atomic mass is 9.83. The van der Waals surface area contributed by atoms with Crippen molar-refractivity contribution in [1.29, 1.82) is 5.26 Å². The van der Waals surface area contributed by atoms with E-state index in [2.05, 4.69) is 26.2 Å². The molecule has 1 unspecified atom stereocenters. The molecular weight excluding hydrogens is 691 g/mol. The number of piperidine rings is 1. The van der Waals surface area contributed by atoms with Gasteiger partial charge in [0.1, 0.15) is 16.4 Å². The van der Waals surface area contributed by atoms with Gasteiger partial charge in [0.25, 0.3) is 15.9 Å². The van der Waals surface area contributed by atoms with E-state index < -0.39 is 27.5 Å². The Bertz CT molecular complexity index is 2000. The summed E-state index contributed by atoms with van der Waals surface area (Å²) in [5.74, 6) is -0.713. The maximum absolute atomic E-state index is 15.1. The molecule has 4 aliphatic heterocycles. The Labute approximate surface area is 302 Å². The van der Waals surface area contributed by atoms with Crippen LogP contribution in [0.5, 0.6) is 17.4 Å². The Hall–Kier alpha value is -4.95. The van der Waals surface area contributed by atoms with Crippen LogP contribution in [-0.4, -0.2) is 126 Å². The zero-order valence-electron chi connectivity index (χ0n) is 29.3. The SMILES string of the molecule is COc1ccc(S(=O)(=O)N2C(=O)C(NC(=O)N3CCN(C4CCN(C5COC5)CC4)CC3)(c3cccnc3OC)c3cc(C#N)ccc32)c(OC)c1. The molecule has 3 fully saturated rings. The number of rotatable bonds is 9. The highest BCUT2D eigenvalue weighted by Gasteiger charge is 2.59. The van der Waals surface area contributed by atoms with Gasteiger partial charge in [-0.05, 0) is 55.3 Å². The van der Waals surface area contributed by atoms with E-state index in [4.69, 9.17) is 18.9 Å². The molecule has 274 valence electrons. The van der Waals surface area contributed by atoms with Gasteiger partial charge in [0.2, 0.25) is 5.88 Å². The first-order chi connectivity index (χ1) is 25.2. The van der Waals surface area contributed by atoms with Gasteiger partial charge >= 0.3 is 6.03 Å². The molecule has 52 heavy (non-hydrogen) atoms. The van der Waals surface area contributed by atoms with Gasteiger partial charge < -0.3 is 29.2 Å². The van der Waals surface area contributed by atoms with Gasteiger partial charge in [-0.3, -0.25) is 14.6 Å². The van der Waals surface area contributed by atoms with Crippen LogP contribution in [0, 0.1) is 11.3 Å². The highest BCUT2D eigenvalue weighted by Crippen LogP contribution is 2.50. The molecule has 5 heterocycles. The van der Waals surface area contributed by atoms with E-state index in [9.17, 15) is 18.5 Å². The number of fused-ring (bicyclic) bond motifs is 1. The number of nitrogens with zero attached hydrogens (tertiary/aromatic N) is 6. The molecule has 0 radical (unpaired) electrons. The van der Waals surface area contributed by atoms with Gasteiger partial charge in [-0.1, -0.05) is 0 Å². The fourth-order valence-corrected chi connectivity index (χ4v) is 9.26. The Balaban J connectivity index is 1.24. The molecule has 3 saturated heterocycles. The number of nitriles is 1. The summed E-state index contributed by atoms with van der Waals surface area (Å²) in [6, 6.07) is 13.9. The van der Waals surface area contributed by atoms with E-state index in [0.717, 1.165) is 39.1 Å². The highest BCUT2D eigenvalue weighted by atomic mass is 32.2. The molecule has 7 rings (SSSR count). The quantitative estimate of drug-likeness (QED) is 0.341. The summed E-state index contributed by atoms with van der Waals surface area (Å²) in [6.07, 6.45) is 3.55. The zero-order chi connectivity index (χ0) is 36.6. The number of carbonyl (C=O) groups is 2. The minimum atomic E-state index is -4.70. The lowest BCUT2D eigenvalue weighted by molar-refractivity contribution is -0.121. The summed E-state index contributed by atoms with van der Waals surface area (Å²) in [6.45, 7) is 5.72. The summed E-state index contributed by atoms with van der Waals surface area (Å²) in [4.78, 5) is 40.1. The van der Waals surface area contributed by atoms with Crippen molar-refractivity contribution in [3.05, 3.63) is 71.4 Å². The van der Waals surface area contributed by atoms with E-state index in [1.807, 2.05) is 0 Å². The van der Waals surface area contributed by atoms with Gasteiger partial charge in [0, 0.05) is 63.1 Å².